The number of hydrogen-bond acceptors (Lipinski definition) is 1. The summed E-state index contributed by atoms with van der Waals surface area (Å²) in [7, 11) is 0. The first-order chi connectivity index (χ1) is 12.9. The highest BCUT2D eigenvalue weighted by Crippen LogP contribution is 2.41. The van der Waals surface area contributed by atoms with Crippen LogP contribution in [0.3, 0.4) is 0 Å². The molecule has 26 heavy (non-hydrogen) atoms. The molecule has 0 aliphatic heterocycles. The van der Waals surface area contributed by atoms with E-state index in [1.54, 1.807) is 0 Å². The predicted molar refractivity (Wildman–Crippen MR) is 111 cm³/mol. The number of fused-ring (bicyclic) bond motifs is 2. The first kappa shape index (κ1) is 13.8. The van der Waals surface area contributed by atoms with Crippen LogP contribution >= 0.6 is 0 Å². The Kier molecular flexibility index (Phi) is 2.67. The molecule has 1 aromatic heterocycles. The van der Waals surface area contributed by atoms with Crippen molar-refractivity contribution < 1.29 is 0 Å². The summed E-state index contributed by atoms with van der Waals surface area (Å²) in [6.07, 6.45) is 1.88. The van der Waals surface area contributed by atoms with Gasteiger partial charge >= 0.3 is 0 Å². The fraction of sp³-hybridized carbons (Fsp3) is 0. The smallest absolute Gasteiger partial charge is 0.0780 e. The molecule has 0 aliphatic carbocycles. The molecule has 1 heteroatoms. The molecule has 0 saturated carbocycles. The Morgan fingerprint density at radius 2 is 1.31 bits per heavy atom. The Labute approximate surface area is 150 Å². The normalized spacial score (nSPS) is 11.8. The van der Waals surface area contributed by atoms with Gasteiger partial charge in [-0.1, -0.05) is 72.8 Å². The second-order valence-electron chi connectivity index (χ2n) is 6.85. The van der Waals surface area contributed by atoms with Crippen LogP contribution in [0.2, 0.25) is 0 Å². The van der Waals surface area contributed by atoms with Crippen molar-refractivity contribution in [3.8, 4) is 11.1 Å². The second-order valence-corrected chi connectivity index (χ2v) is 6.85. The van der Waals surface area contributed by atoms with Crippen LogP contribution in [0.25, 0.3) is 54.3 Å². The molecule has 0 fully saturated rings. The van der Waals surface area contributed by atoms with Crippen LogP contribution in [0, 0.1) is 0 Å². The number of pyridine rings is 1. The largest absolute Gasteiger partial charge is 0.256 e. The third-order valence-electron chi connectivity index (χ3n) is 5.43. The fourth-order valence-corrected chi connectivity index (χ4v) is 4.29. The molecule has 0 amide bonds. The monoisotopic (exact) mass is 329 g/mol. The molecular weight excluding hydrogens is 314 g/mol. The highest BCUT2D eigenvalue weighted by molar-refractivity contribution is 6.29. The topological polar surface area (TPSA) is 12.9 Å². The molecular formula is C25H15N. The van der Waals surface area contributed by atoms with Crippen LogP contribution < -0.4 is 0 Å². The van der Waals surface area contributed by atoms with Crippen molar-refractivity contribution in [3.63, 3.8) is 0 Å². The molecule has 1 nitrogen and oxygen atoms in total. The molecule has 0 unspecified atom stereocenters. The van der Waals surface area contributed by atoms with Gasteiger partial charge in [0.15, 0.2) is 0 Å². The number of hydrogen-bond donors (Lipinski definition) is 0. The fourth-order valence-electron chi connectivity index (χ4n) is 4.29. The first-order valence-corrected chi connectivity index (χ1v) is 8.91. The van der Waals surface area contributed by atoms with E-state index in [9.17, 15) is 0 Å². The van der Waals surface area contributed by atoms with Crippen molar-refractivity contribution in [1.29, 1.82) is 0 Å². The first-order valence-electron chi connectivity index (χ1n) is 8.91. The molecule has 6 aromatic rings. The molecule has 5 aromatic carbocycles. The van der Waals surface area contributed by atoms with Crippen molar-refractivity contribution in [2.45, 2.75) is 0 Å². The van der Waals surface area contributed by atoms with E-state index in [4.69, 9.17) is 0 Å². The summed E-state index contributed by atoms with van der Waals surface area (Å²) < 4.78 is 0. The average Bonchev–Trinajstić information content (AvgIpc) is 2.72. The van der Waals surface area contributed by atoms with E-state index < -0.39 is 0 Å². The summed E-state index contributed by atoms with van der Waals surface area (Å²) in [5.74, 6) is 0. The summed E-state index contributed by atoms with van der Waals surface area (Å²) in [4.78, 5) is 4.67. The SMILES string of the molecule is c1ccc(-c2ccc3ccc4cc5cccnc5c5ccc2c3c45)cc1. The minimum atomic E-state index is 1.08. The maximum Gasteiger partial charge on any atom is 0.0780 e. The molecule has 6 rings (SSSR count). The average molecular weight is 329 g/mol. The van der Waals surface area contributed by atoms with Crippen molar-refractivity contribution in [2.75, 3.05) is 0 Å². The van der Waals surface area contributed by atoms with Gasteiger partial charge in [-0.05, 0) is 50.2 Å². The van der Waals surface area contributed by atoms with Gasteiger partial charge in [0.25, 0.3) is 0 Å². The van der Waals surface area contributed by atoms with Crippen molar-refractivity contribution in [2.24, 2.45) is 0 Å². The second kappa shape index (κ2) is 5.03. The number of aromatic nitrogens is 1. The minimum Gasteiger partial charge on any atom is -0.256 e. The van der Waals surface area contributed by atoms with E-state index in [0.717, 1.165) is 5.52 Å². The van der Waals surface area contributed by atoms with E-state index in [2.05, 4.69) is 83.8 Å². The highest BCUT2D eigenvalue weighted by atomic mass is 14.6. The molecule has 0 aliphatic rings. The Bertz CT molecular complexity index is 1410. The van der Waals surface area contributed by atoms with Crippen molar-refractivity contribution in [3.05, 3.63) is 91.1 Å². The van der Waals surface area contributed by atoms with E-state index in [-0.39, 0.29) is 0 Å². The maximum atomic E-state index is 4.67. The lowest BCUT2D eigenvalue weighted by atomic mass is 9.89. The van der Waals surface area contributed by atoms with Crippen LogP contribution in [-0.2, 0) is 0 Å². The quantitative estimate of drug-likeness (QED) is 0.239. The van der Waals surface area contributed by atoms with Crippen LogP contribution in [0.1, 0.15) is 0 Å². The Morgan fingerprint density at radius 3 is 2.23 bits per heavy atom. The minimum absolute atomic E-state index is 1.08. The summed E-state index contributed by atoms with van der Waals surface area (Å²) in [5.41, 5.74) is 3.63. The Morgan fingerprint density at radius 1 is 0.538 bits per heavy atom. The Hall–Kier alpha value is -3.45. The highest BCUT2D eigenvalue weighted by Gasteiger charge is 2.14. The molecule has 0 radical (unpaired) electrons. The molecule has 0 bridgehead atoms. The lowest BCUT2D eigenvalue weighted by Crippen LogP contribution is -1.89. The summed E-state index contributed by atoms with van der Waals surface area (Å²) in [5, 5.41) is 8.97. The molecule has 1 heterocycles. The van der Waals surface area contributed by atoms with Crippen molar-refractivity contribution in [1.82, 2.24) is 4.98 Å². The molecule has 0 atom stereocenters. The summed E-state index contributed by atoms with van der Waals surface area (Å²) in [6.45, 7) is 0. The van der Waals surface area contributed by atoms with E-state index in [0.29, 0.717) is 0 Å². The maximum absolute atomic E-state index is 4.67. The van der Waals surface area contributed by atoms with Gasteiger partial charge in [-0.15, -0.1) is 0 Å². The summed E-state index contributed by atoms with van der Waals surface area (Å²) >= 11 is 0. The lowest BCUT2D eigenvalue weighted by molar-refractivity contribution is 1.43. The molecule has 120 valence electrons. The van der Waals surface area contributed by atoms with Crippen LogP contribution in [0.5, 0.6) is 0 Å². The summed E-state index contributed by atoms with van der Waals surface area (Å²) in [6, 6.07) is 30.5. The van der Waals surface area contributed by atoms with Crippen molar-refractivity contribution >= 4 is 43.2 Å². The Balaban J connectivity index is 1.86. The van der Waals surface area contributed by atoms with Crippen LogP contribution in [0.4, 0.5) is 0 Å². The molecule has 0 saturated heterocycles. The molecule has 0 N–H and O–H groups in total. The van der Waals surface area contributed by atoms with E-state index in [1.807, 2.05) is 12.3 Å². The van der Waals surface area contributed by atoms with Gasteiger partial charge < -0.3 is 0 Å². The number of nitrogens with zero attached hydrogens (tertiary/aromatic N) is 1. The standard InChI is InChI=1S/C25H15N/c1-2-5-16(6-3-1)20-11-10-17-8-9-18-15-19-7-4-14-26-25(19)22-13-12-21(20)23(17)24(18)22/h1-15H. The number of benzene rings is 5. The van der Waals surface area contributed by atoms with Gasteiger partial charge in [-0.3, -0.25) is 4.98 Å². The van der Waals surface area contributed by atoms with Gasteiger partial charge in [0, 0.05) is 17.0 Å². The zero-order chi connectivity index (χ0) is 17.1. The van der Waals surface area contributed by atoms with Gasteiger partial charge in [0.1, 0.15) is 0 Å². The lowest BCUT2D eigenvalue weighted by Gasteiger charge is -2.15. The third-order valence-corrected chi connectivity index (χ3v) is 5.43. The zero-order valence-electron chi connectivity index (χ0n) is 14.1. The third kappa shape index (κ3) is 1.77. The van der Waals surface area contributed by atoms with Gasteiger partial charge in [0.2, 0.25) is 0 Å². The zero-order valence-corrected chi connectivity index (χ0v) is 14.1. The number of rotatable bonds is 1. The van der Waals surface area contributed by atoms with Crippen LogP contribution in [-0.4, -0.2) is 4.98 Å². The van der Waals surface area contributed by atoms with Crippen LogP contribution in [0.15, 0.2) is 91.1 Å². The van der Waals surface area contributed by atoms with E-state index in [1.165, 1.54) is 48.8 Å². The predicted octanol–water partition coefficient (Wildman–Crippen LogP) is 6.80. The van der Waals surface area contributed by atoms with E-state index >= 15 is 0 Å². The van der Waals surface area contributed by atoms with Gasteiger partial charge in [-0.25, -0.2) is 0 Å². The molecule has 0 spiro atoms. The van der Waals surface area contributed by atoms with Gasteiger partial charge in [-0.2, -0.15) is 0 Å². The van der Waals surface area contributed by atoms with Gasteiger partial charge in [0.05, 0.1) is 5.52 Å².